The first kappa shape index (κ1) is 27.6. The molecule has 0 aromatic rings. The zero-order valence-electron chi connectivity index (χ0n) is 24.1. The maximum Gasteiger partial charge on any atom is 0.305 e. The molecule has 5 fully saturated rings. The molecule has 0 amide bonds. The average Bonchev–Trinajstić information content (AvgIpc) is 3.26. The van der Waals surface area contributed by atoms with Crippen LogP contribution in [0.15, 0.2) is 0 Å². The van der Waals surface area contributed by atoms with E-state index in [4.69, 9.17) is 14.2 Å². The Balaban J connectivity index is 1.33. The number of ketones is 1. The number of hydrogen-bond donors (Lipinski definition) is 0. The molecule has 0 N–H and O–H groups in total. The smallest absolute Gasteiger partial charge is 0.305 e. The number of carbonyl (C=O) groups excluding carboxylic acids is 2. The fraction of sp³-hybridized carbons (Fsp3) is 0.938. The van der Waals surface area contributed by atoms with Crippen LogP contribution in [0.3, 0.4) is 0 Å². The van der Waals surface area contributed by atoms with Crippen molar-refractivity contribution in [3.05, 3.63) is 0 Å². The number of ether oxygens (including phenoxy) is 3. The van der Waals surface area contributed by atoms with Crippen LogP contribution in [0.1, 0.15) is 111 Å². The number of carbonyl (C=O) groups is 2. The molecule has 0 aromatic heterocycles. The number of methoxy groups -OCH3 is 1. The van der Waals surface area contributed by atoms with Crippen molar-refractivity contribution in [1.29, 1.82) is 0 Å². The maximum absolute atomic E-state index is 14.4. The van der Waals surface area contributed by atoms with Crippen molar-refractivity contribution < 1.29 is 23.8 Å². The van der Waals surface area contributed by atoms with Crippen LogP contribution in [0.4, 0.5) is 0 Å². The van der Waals surface area contributed by atoms with Crippen molar-refractivity contribution in [2.24, 2.45) is 52.3 Å². The fourth-order valence-electron chi connectivity index (χ4n) is 10.4. The number of rotatable bonds is 7. The van der Waals surface area contributed by atoms with Gasteiger partial charge in [0.2, 0.25) is 0 Å². The van der Waals surface area contributed by atoms with E-state index in [1.807, 2.05) is 0 Å². The van der Waals surface area contributed by atoms with Gasteiger partial charge in [-0.2, -0.15) is 0 Å². The van der Waals surface area contributed by atoms with Crippen LogP contribution in [0.2, 0.25) is 0 Å². The van der Waals surface area contributed by atoms with Crippen molar-refractivity contribution in [2.45, 2.75) is 124 Å². The van der Waals surface area contributed by atoms with Gasteiger partial charge < -0.3 is 14.2 Å². The van der Waals surface area contributed by atoms with Crippen LogP contribution >= 0.6 is 0 Å². The third-order valence-corrected chi connectivity index (χ3v) is 12.4. The van der Waals surface area contributed by atoms with Crippen molar-refractivity contribution in [2.75, 3.05) is 13.7 Å². The first-order valence-electron chi connectivity index (χ1n) is 15.6. The second-order valence-corrected chi connectivity index (χ2v) is 13.9. The summed E-state index contributed by atoms with van der Waals surface area (Å²) >= 11 is 0. The third-order valence-electron chi connectivity index (χ3n) is 12.4. The molecule has 5 rings (SSSR count). The summed E-state index contributed by atoms with van der Waals surface area (Å²) in [4.78, 5) is 26.2. The van der Waals surface area contributed by atoms with Gasteiger partial charge in [0.1, 0.15) is 5.78 Å². The normalized spacial score (nSPS) is 46.5. The lowest BCUT2D eigenvalue weighted by Gasteiger charge is -2.62. The summed E-state index contributed by atoms with van der Waals surface area (Å²) in [7, 11) is 1.48. The predicted octanol–water partition coefficient (Wildman–Crippen LogP) is 6.96. The predicted molar refractivity (Wildman–Crippen MR) is 144 cm³/mol. The van der Waals surface area contributed by atoms with E-state index in [0.29, 0.717) is 41.8 Å². The number of esters is 1. The molecular formula is C32H52O5. The van der Waals surface area contributed by atoms with Gasteiger partial charge in [-0.25, -0.2) is 0 Å². The highest BCUT2D eigenvalue weighted by Crippen LogP contribution is 2.68. The molecule has 210 valence electrons. The van der Waals surface area contributed by atoms with Crippen LogP contribution in [0.25, 0.3) is 0 Å². The van der Waals surface area contributed by atoms with Crippen molar-refractivity contribution in [3.63, 3.8) is 0 Å². The lowest BCUT2D eigenvalue weighted by atomic mass is 9.42. The van der Waals surface area contributed by atoms with Crippen LogP contribution in [0.5, 0.6) is 0 Å². The summed E-state index contributed by atoms with van der Waals surface area (Å²) in [5.41, 5.74) is 0.453. The summed E-state index contributed by atoms with van der Waals surface area (Å²) in [6.07, 6.45) is 14.0. The Kier molecular flexibility index (Phi) is 8.14. The Bertz CT molecular complexity index is 835. The highest BCUT2D eigenvalue weighted by molar-refractivity contribution is 5.86. The lowest BCUT2D eigenvalue weighted by molar-refractivity contribution is -0.216. The van der Waals surface area contributed by atoms with Gasteiger partial charge in [0.05, 0.1) is 13.2 Å². The van der Waals surface area contributed by atoms with Gasteiger partial charge in [0.25, 0.3) is 0 Å². The molecule has 0 aromatic carbocycles. The number of fused-ring (bicyclic) bond motifs is 5. The van der Waals surface area contributed by atoms with Gasteiger partial charge in [0, 0.05) is 24.9 Å². The van der Waals surface area contributed by atoms with E-state index in [-0.39, 0.29) is 41.0 Å². The Hall–Kier alpha value is -0.940. The SMILES string of the molecule is CC[C@H]1C(=O)[C@@H]2[C@H](CC[C@]3(C)[C@@H]([C@H](C)CCC(=O)OC)CC[C@@H]23)[C@@]2(C)CC[C@@H](OC3CCCCO3)C[C@@H]12. The van der Waals surface area contributed by atoms with Crippen LogP contribution in [0, 0.1) is 52.3 Å². The molecule has 0 spiro atoms. The van der Waals surface area contributed by atoms with Gasteiger partial charge in [-0.3, -0.25) is 9.59 Å². The van der Waals surface area contributed by atoms with Gasteiger partial charge in [-0.1, -0.05) is 27.7 Å². The Labute approximate surface area is 225 Å². The molecule has 1 unspecified atom stereocenters. The van der Waals surface area contributed by atoms with Crippen LogP contribution < -0.4 is 0 Å². The van der Waals surface area contributed by atoms with E-state index in [1.54, 1.807) is 0 Å². The first-order valence-corrected chi connectivity index (χ1v) is 15.6. The minimum absolute atomic E-state index is 0.0396. The summed E-state index contributed by atoms with van der Waals surface area (Å²) in [5, 5.41) is 0. The standard InChI is InChI=1S/C32H52O5/c1-6-22-26-19-21(37-28-9-7-8-18-36-28)14-16-32(26,4)25-15-17-31(3)23(20(2)10-13-27(33)35-5)11-12-24(31)29(25)30(22)34/h20-26,28-29H,6-19H2,1-5H3/t20-,21-,22-,23-,24+,25+,26+,28?,29+,31-,32-/m1/s1. The average molecular weight is 517 g/mol. The minimum atomic E-state index is -0.0999. The highest BCUT2D eigenvalue weighted by atomic mass is 16.7. The Morgan fingerprint density at radius 3 is 2.49 bits per heavy atom. The summed E-state index contributed by atoms with van der Waals surface area (Å²) in [5.74, 6) is 3.42. The Morgan fingerprint density at radius 2 is 1.78 bits per heavy atom. The van der Waals surface area contributed by atoms with E-state index < -0.39 is 0 Å². The maximum atomic E-state index is 14.4. The molecule has 1 saturated heterocycles. The molecule has 4 aliphatic carbocycles. The monoisotopic (exact) mass is 516 g/mol. The fourth-order valence-corrected chi connectivity index (χ4v) is 10.4. The molecular weight excluding hydrogens is 464 g/mol. The molecule has 4 saturated carbocycles. The largest absolute Gasteiger partial charge is 0.469 e. The molecule has 5 nitrogen and oxygen atoms in total. The van der Waals surface area contributed by atoms with Crippen molar-refractivity contribution in [1.82, 2.24) is 0 Å². The van der Waals surface area contributed by atoms with Gasteiger partial charge in [0.15, 0.2) is 6.29 Å². The molecule has 1 heterocycles. The quantitative estimate of drug-likeness (QED) is 0.270. The van der Waals surface area contributed by atoms with Gasteiger partial charge in [-0.15, -0.1) is 0 Å². The van der Waals surface area contributed by atoms with Crippen LogP contribution in [-0.2, 0) is 23.8 Å². The molecule has 0 bridgehead atoms. The van der Waals surface area contributed by atoms with E-state index in [9.17, 15) is 9.59 Å². The molecule has 11 atom stereocenters. The molecule has 5 heteroatoms. The molecule has 0 radical (unpaired) electrons. The van der Waals surface area contributed by atoms with E-state index in [2.05, 4.69) is 27.7 Å². The highest BCUT2D eigenvalue weighted by Gasteiger charge is 2.65. The van der Waals surface area contributed by atoms with Crippen molar-refractivity contribution in [3.8, 4) is 0 Å². The van der Waals surface area contributed by atoms with Gasteiger partial charge in [-0.05, 0) is 117 Å². The van der Waals surface area contributed by atoms with E-state index >= 15 is 0 Å². The first-order chi connectivity index (χ1) is 17.7. The van der Waals surface area contributed by atoms with E-state index in [1.165, 1.54) is 45.6 Å². The van der Waals surface area contributed by atoms with Crippen molar-refractivity contribution >= 4 is 11.8 Å². The van der Waals surface area contributed by atoms with E-state index in [0.717, 1.165) is 45.1 Å². The Morgan fingerprint density at radius 1 is 1.03 bits per heavy atom. The lowest BCUT2D eigenvalue weighted by Crippen LogP contribution is -2.61. The summed E-state index contributed by atoms with van der Waals surface area (Å²) < 4.78 is 17.3. The molecule has 1 aliphatic heterocycles. The second kappa shape index (κ2) is 10.9. The number of Topliss-reactive ketones (excluding diaryl/α,β-unsaturated/α-hetero) is 1. The topological polar surface area (TPSA) is 61.8 Å². The summed E-state index contributed by atoms with van der Waals surface area (Å²) in [6.45, 7) is 10.4. The summed E-state index contributed by atoms with van der Waals surface area (Å²) in [6, 6.07) is 0. The minimum Gasteiger partial charge on any atom is -0.469 e. The van der Waals surface area contributed by atoms with Gasteiger partial charge >= 0.3 is 5.97 Å². The molecule has 37 heavy (non-hydrogen) atoms. The second-order valence-electron chi connectivity index (χ2n) is 13.9. The van der Waals surface area contributed by atoms with Crippen LogP contribution in [-0.4, -0.2) is 37.9 Å². The third kappa shape index (κ3) is 4.83. The molecule has 5 aliphatic rings. The zero-order valence-corrected chi connectivity index (χ0v) is 24.1. The zero-order chi connectivity index (χ0) is 26.4. The number of hydrogen-bond acceptors (Lipinski definition) is 5.